The van der Waals surface area contributed by atoms with Gasteiger partial charge in [0.1, 0.15) is 5.75 Å². The number of aromatic nitrogens is 2. The Bertz CT molecular complexity index is 830. The minimum Gasteiger partial charge on any atom is -0.426 e. The molecule has 0 aliphatic carbocycles. The van der Waals surface area contributed by atoms with Crippen molar-refractivity contribution >= 4 is 22.3 Å². The Kier molecular flexibility index (Phi) is 4.69. The fourth-order valence-electron chi connectivity index (χ4n) is 2.78. The van der Waals surface area contributed by atoms with Gasteiger partial charge in [0.05, 0.1) is 5.69 Å². The van der Waals surface area contributed by atoms with Crippen molar-refractivity contribution in [1.29, 1.82) is 0 Å². The maximum absolute atomic E-state index is 11.2. The predicted molar refractivity (Wildman–Crippen MR) is 95.5 cm³/mol. The van der Waals surface area contributed by atoms with E-state index in [4.69, 9.17) is 4.74 Å². The van der Waals surface area contributed by atoms with E-state index in [0.717, 1.165) is 33.9 Å². The average Bonchev–Trinajstić information content (AvgIpc) is 3.09. The van der Waals surface area contributed by atoms with E-state index in [0.29, 0.717) is 5.75 Å². The molecule has 6 heteroatoms. The molecule has 0 unspecified atom stereocenters. The Labute approximate surface area is 145 Å². The van der Waals surface area contributed by atoms with Gasteiger partial charge in [0.25, 0.3) is 0 Å². The number of carbonyl (C=O) groups is 1. The SMILES string of the molecule is CC(=O)Oc1c(C)cc(CN[C@@H](C)c2cn3ccsc3n2)cc1C. The van der Waals surface area contributed by atoms with Crippen LogP contribution in [0.4, 0.5) is 0 Å². The van der Waals surface area contributed by atoms with Crippen LogP contribution < -0.4 is 10.1 Å². The summed E-state index contributed by atoms with van der Waals surface area (Å²) in [4.78, 5) is 16.8. The zero-order valence-electron chi connectivity index (χ0n) is 14.3. The number of hydrogen-bond acceptors (Lipinski definition) is 5. The van der Waals surface area contributed by atoms with Gasteiger partial charge in [-0.3, -0.25) is 9.20 Å². The second kappa shape index (κ2) is 6.75. The van der Waals surface area contributed by atoms with Crippen molar-refractivity contribution in [2.24, 2.45) is 0 Å². The van der Waals surface area contributed by atoms with Crippen molar-refractivity contribution in [2.45, 2.75) is 40.3 Å². The van der Waals surface area contributed by atoms with E-state index in [-0.39, 0.29) is 12.0 Å². The van der Waals surface area contributed by atoms with Gasteiger partial charge in [-0.2, -0.15) is 0 Å². The summed E-state index contributed by atoms with van der Waals surface area (Å²) in [7, 11) is 0. The van der Waals surface area contributed by atoms with Crippen LogP contribution in [0.2, 0.25) is 0 Å². The van der Waals surface area contributed by atoms with Crippen molar-refractivity contribution in [3.8, 4) is 5.75 Å². The number of nitrogens with zero attached hydrogens (tertiary/aromatic N) is 2. The van der Waals surface area contributed by atoms with Crippen LogP contribution in [0.1, 0.15) is 42.3 Å². The van der Waals surface area contributed by atoms with Crippen LogP contribution in [0.15, 0.2) is 29.9 Å². The highest BCUT2D eigenvalue weighted by Crippen LogP contribution is 2.25. The summed E-state index contributed by atoms with van der Waals surface area (Å²) in [6, 6.07) is 4.26. The molecule has 0 radical (unpaired) electrons. The van der Waals surface area contributed by atoms with Crippen LogP contribution >= 0.6 is 11.3 Å². The van der Waals surface area contributed by atoms with Gasteiger partial charge in [-0.05, 0) is 37.5 Å². The van der Waals surface area contributed by atoms with Crippen LogP contribution in [-0.2, 0) is 11.3 Å². The number of thiazole rings is 1. The second-order valence-corrected chi connectivity index (χ2v) is 6.89. The molecule has 0 saturated carbocycles. The molecule has 0 aliphatic heterocycles. The molecular formula is C18H21N3O2S. The molecular weight excluding hydrogens is 322 g/mol. The van der Waals surface area contributed by atoms with Crippen molar-refractivity contribution < 1.29 is 9.53 Å². The van der Waals surface area contributed by atoms with Crippen LogP contribution in [-0.4, -0.2) is 15.4 Å². The summed E-state index contributed by atoms with van der Waals surface area (Å²) in [5.74, 6) is 0.370. The lowest BCUT2D eigenvalue weighted by molar-refractivity contribution is -0.131. The molecule has 2 aromatic heterocycles. The number of ether oxygens (including phenoxy) is 1. The van der Waals surface area contributed by atoms with E-state index in [2.05, 4.69) is 35.6 Å². The largest absolute Gasteiger partial charge is 0.426 e. The van der Waals surface area contributed by atoms with E-state index in [9.17, 15) is 4.79 Å². The van der Waals surface area contributed by atoms with Gasteiger partial charge in [0.2, 0.25) is 0 Å². The zero-order valence-corrected chi connectivity index (χ0v) is 15.1. The van der Waals surface area contributed by atoms with E-state index in [1.54, 1.807) is 11.3 Å². The topological polar surface area (TPSA) is 55.6 Å². The summed E-state index contributed by atoms with van der Waals surface area (Å²) in [5, 5.41) is 5.53. The highest BCUT2D eigenvalue weighted by atomic mass is 32.1. The van der Waals surface area contributed by atoms with Crippen LogP contribution in [0.3, 0.4) is 0 Å². The highest BCUT2D eigenvalue weighted by molar-refractivity contribution is 7.15. The monoisotopic (exact) mass is 343 g/mol. The van der Waals surface area contributed by atoms with E-state index in [1.165, 1.54) is 6.92 Å². The molecule has 1 atom stereocenters. The first kappa shape index (κ1) is 16.7. The average molecular weight is 343 g/mol. The molecule has 5 nitrogen and oxygen atoms in total. The zero-order chi connectivity index (χ0) is 17.3. The number of hydrogen-bond donors (Lipinski definition) is 1. The molecule has 1 aromatic carbocycles. The third-order valence-electron chi connectivity index (χ3n) is 3.93. The Morgan fingerprint density at radius 3 is 2.71 bits per heavy atom. The maximum atomic E-state index is 11.2. The first-order chi connectivity index (χ1) is 11.4. The van der Waals surface area contributed by atoms with Crippen LogP contribution in [0.25, 0.3) is 4.96 Å². The lowest BCUT2D eigenvalue weighted by Crippen LogP contribution is -2.18. The molecule has 3 rings (SSSR count). The number of fused-ring (bicyclic) bond motifs is 1. The van der Waals surface area contributed by atoms with Gasteiger partial charge in [-0.25, -0.2) is 4.98 Å². The van der Waals surface area contributed by atoms with Gasteiger partial charge in [0.15, 0.2) is 4.96 Å². The number of rotatable bonds is 5. The number of nitrogens with one attached hydrogen (secondary N) is 1. The van der Waals surface area contributed by atoms with Crippen LogP contribution in [0.5, 0.6) is 5.75 Å². The number of imidazole rings is 1. The molecule has 24 heavy (non-hydrogen) atoms. The summed E-state index contributed by atoms with van der Waals surface area (Å²) < 4.78 is 7.32. The van der Waals surface area contributed by atoms with Crippen molar-refractivity contribution in [3.63, 3.8) is 0 Å². The van der Waals surface area contributed by atoms with E-state index < -0.39 is 0 Å². The van der Waals surface area contributed by atoms with Crippen molar-refractivity contribution in [2.75, 3.05) is 0 Å². The summed E-state index contributed by atoms with van der Waals surface area (Å²) in [5.41, 5.74) is 4.13. The molecule has 0 saturated heterocycles. The lowest BCUT2D eigenvalue weighted by atomic mass is 10.1. The Morgan fingerprint density at radius 2 is 2.08 bits per heavy atom. The Balaban J connectivity index is 1.69. The van der Waals surface area contributed by atoms with Crippen molar-refractivity contribution in [1.82, 2.24) is 14.7 Å². The van der Waals surface area contributed by atoms with E-state index >= 15 is 0 Å². The molecule has 126 valence electrons. The molecule has 0 amide bonds. The first-order valence-corrected chi connectivity index (χ1v) is 8.76. The quantitative estimate of drug-likeness (QED) is 0.566. The summed E-state index contributed by atoms with van der Waals surface area (Å²) in [6.07, 6.45) is 4.08. The Morgan fingerprint density at radius 1 is 1.38 bits per heavy atom. The fraction of sp³-hybridized carbons (Fsp3) is 0.333. The maximum Gasteiger partial charge on any atom is 0.308 e. The number of esters is 1. The number of carbonyl (C=O) groups excluding carboxylic acids is 1. The fourth-order valence-corrected chi connectivity index (χ4v) is 3.48. The standard InChI is InChI=1S/C18H21N3O2S/c1-11-7-15(8-12(2)17(11)23-14(4)22)9-19-13(3)16-10-21-5-6-24-18(21)20-16/h5-8,10,13,19H,9H2,1-4H3/t13-/m0/s1. The van der Waals surface area contributed by atoms with E-state index in [1.807, 2.05) is 29.8 Å². The number of benzene rings is 1. The normalized spacial score (nSPS) is 12.5. The summed E-state index contributed by atoms with van der Waals surface area (Å²) in [6.45, 7) is 8.18. The predicted octanol–water partition coefficient (Wildman–Crippen LogP) is 3.79. The molecule has 0 spiro atoms. The summed E-state index contributed by atoms with van der Waals surface area (Å²) >= 11 is 1.63. The highest BCUT2D eigenvalue weighted by Gasteiger charge is 2.12. The molecule has 0 bridgehead atoms. The van der Waals surface area contributed by atoms with Gasteiger partial charge in [-0.1, -0.05) is 12.1 Å². The molecule has 2 heterocycles. The van der Waals surface area contributed by atoms with Gasteiger partial charge in [0, 0.05) is 37.3 Å². The van der Waals surface area contributed by atoms with Gasteiger partial charge in [-0.15, -0.1) is 11.3 Å². The van der Waals surface area contributed by atoms with Crippen molar-refractivity contribution in [3.05, 3.63) is 52.3 Å². The molecule has 3 aromatic rings. The smallest absolute Gasteiger partial charge is 0.308 e. The van der Waals surface area contributed by atoms with Crippen LogP contribution in [0, 0.1) is 13.8 Å². The minimum absolute atomic E-state index is 0.158. The second-order valence-electron chi connectivity index (χ2n) is 6.01. The molecule has 0 aliphatic rings. The van der Waals surface area contributed by atoms with Gasteiger partial charge < -0.3 is 10.1 Å². The minimum atomic E-state index is -0.291. The third-order valence-corrected chi connectivity index (χ3v) is 4.70. The third kappa shape index (κ3) is 3.49. The molecule has 1 N–H and O–H groups in total. The first-order valence-electron chi connectivity index (χ1n) is 7.88. The number of aryl methyl sites for hydroxylation is 2. The lowest BCUT2D eigenvalue weighted by Gasteiger charge is -2.15. The molecule has 0 fully saturated rings. The van der Waals surface area contributed by atoms with Gasteiger partial charge >= 0.3 is 5.97 Å². The Hall–Kier alpha value is -2.18.